The minimum Gasteiger partial charge on any atom is -0.493 e. The highest BCUT2D eigenvalue weighted by molar-refractivity contribution is 6.30. The van der Waals surface area contributed by atoms with E-state index in [4.69, 9.17) is 30.5 Å². The maximum Gasteiger partial charge on any atom is 0.263 e. The average Bonchev–Trinajstić information content (AvgIpc) is 2.68. The molecule has 1 atom stereocenters. The Morgan fingerprint density at radius 1 is 1.00 bits per heavy atom. The van der Waals surface area contributed by atoms with Crippen molar-refractivity contribution < 1.29 is 23.7 Å². The molecule has 2 aromatic rings. The Kier molecular flexibility index (Phi) is 7.19. The zero-order valence-corrected chi connectivity index (χ0v) is 16.9. The van der Waals surface area contributed by atoms with Crippen LogP contribution in [0.15, 0.2) is 36.4 Å². The first kappa shape index (κ1) is 20.7. The lowest BCUT2D eigenvalue weighted by Crippen LogP contribution is -2.37. The van der Waals surface area contributed by atoms with E-state index in [2.05, 4.69) is 0 Å². The third-order valence-corrected chi connectivity index (χ3v) is 4.30. The first-order chi connectivity index (χ1) is 12.9. The average molecular weight is 394 g/mol. The number of benzene rings is 2. The number of hydrogen-bond donors (Lipinski definition) is 0. The van der Waals surface area contributed by atoms with Crippen LogP contribution in [0.25, 0.3) is 0 Å². The third-order valence-electron chi connectivity index (χ3n) is 4.04. The van der Waals surface area contributed by atoms with Crippen molar-refractivity contribution in [3.05, 3.63) is 47.0 Å². The van der Waals surface area contributed by atoms with Crippen molar-refractivity contribution in [3.8, 4) is 23.0 Å². The van der Waals surface area contributed by atoms with Crippen molar-refractivity contribution >= 4 is 17.5 Å². The molecule has 0 radical (unpaired) electrons. The molecule has 1 amide bonds. The third kappa shape index (κ3) is 4.98. The van der Waals surface area contributed by atoms with Crippen LogP contribution >= 0.6 is 11.6 Å². The first-order valence-electron chi connectivity index (χ1n) is 8.36. The Morgan fingerprint density at radius 3 is 2.19 bits per heavy atom. The van der Waals surface area contributed by atoms with Crippen LogP contribution in [0.5, 0.6) is 23.0 Å². The normalized spacial score (nSPS) is 11.5. The highest BCUT2D eigenvalue weighted by Gasteiger charge is 2.22. The summed E-state index contributed by atoms with van der Waals surface area (Å²) in [7, 11) is 6.36. The summed E-state index contributed by atoms with van der Waals surface area (Å²) in [6, 6.07) is 10.5. The summed E-state index contributed by atoms with van der Waals surface area (Å²) in [5, 5.41) is 0.610. The molecular formula is C20H24ClNO5. The van der Waals surface area contributed by atoms with Crippen molar-refractivity contribution in [3.63, 3.8) is 0 Å². The monoisotopic (exact) mass is 393 g/mol. The summed E-state index contributed by atoms with van der Waals surface area (Å²) < 4.78 is 21.8. The lowest BCUT2D eigenvalue weighted by atomic mass is 10.1. The highest BCUT2D eigenvalue weighted by Crippen LogP contribution is 2.40. The number of halogens is 1. The molecule has 0 bridgehead atoms. The Labute approximate surface area is 164 Å². The molecule has 1 unspecified atom stereocenters. The van der Waals surface area contributed by atoms with Gasteiger partial charge in [-0.25, -0.2) is 0 Å². The molecule has 6 nitrogen and oxygen atoms in total. The summed E-state index contributed by atoms with van der Waals surface area (Å²) in [5.41, 5.74) is 0.796. The number of methoxy groups -OCH3 is 3. The van der Waals surface area contributed by atoms with E-state index in [1.807, 2.05) is 6.07 Å². The number of carbonyl (C=O) groups excluding carboxylic acids is 1. The molecule has 2 rings (SSSR count). The second-order valence-electron chi connectivity index (χ2n) is 5.90. The minimum atomic E-state index is -0.651. The molecule has 0 fully saturated rings. The lowest BCUT2D eigenvalue weighted by molar-refractivity contribution is -0.137. The Morgan fingerprint density at radius 2 is 1.63 bits per heavy atom. The quantitative estimate of drug-likeness (QED) is 0.683. The van der Waals surface area contributed by atoms with E-state index in [0.717, 1.165) is 5.56 Å². The van der Waals surface area contributed by atoms with Gasteiger partial charge < -0.3 is 23.8 Å². The molecule has 27 heavy (non-hydrogen) atoms. The Bertz CT molecular complexity index is 779. The number of hydrogen-bond acceptors (Lipinski definition) is 5. The molecule has 0 spiro atoms. The van der Waals surface area contributed by atoms with Crippen LogP contribution in [0.3, 0.4) is 0 Å². The summed E-state index contributed by atoms with van der Waals surface area (Å²) >= 11 is 5.86. The van der Waals surface area contributed by atoms with Gasteiger partial charge in [-0.2, -0.15) is 0 Å². The smallest absolute Gasteiger partial charge is 0.263 e. The number of rotatable bonds is 8. The predicted octanol–water partition coefficient (Wildman–Crippen LogP) is 3.79. The molecule has 0 aromatic heterocycles. The molecule has 0 aliphatic heterocycles. The molecule has 0 aliphatic rings. The first-order valence-corrected chi connectivity index (χ1v) is 8.74. The molecule has 0 aliphatic carbocycles. The topological polar surface area (TPSA) is 57.2 Å². The van der Waals surface area contributed by atoms with Gasteiger partial charge in [-0.3, -0.25) is 4.79 Å². The van der Waals surface area contributed by atoms with Gasteiger partial charge in [0.25, 0.3) is 5.91 Å². The maximum atomic E-state index is 12.7. The molecule has 0 saturated heterocycles. The largest absolute Gasteiger partial charge is 0.493 e. The van der Waals surface area contributed by atoms with Gasteiger partial charge in [-0.15, -0.1) is 0 Å². The second kappa shape index (κ2) is 9.37. The fourth-order valence-corrected chi connectivity index (χ4v) is 2.83. The summed E-state index contributed by atoms with van der Waals surface area (Å²) in [6.45, 7) is 2.04. The van der Waals surface area contributed by atoms with Gasteiger partial charge in [0.1, 0.15) is 5.75 Å². The summed E-state index contributed by atoms with van der Waals surface area (Å²) in [6.07, 6.45) is -0.651. The summed E-state index contributed by atoms with van der Waals surface area (Å²) in [4.78, 5) is 14.2. The van der Waals surface area contributed by atoms with Crippen LogP contribution in [0.1, 0.15) is 12.5 Å². The van der Waals surface area contributed by atoms with Crippen molar-refractivity contribution in [2.24, 2.45) is 0 Å². The zero-order valence-electron chi connectivity index (χ0n) is 16.1. The fraction of sp³-hybridized carbons (Fsp3) is 0.350. The molecule has 146 valence electrons. The lowest BCUT2D eigenvalue weighted by Gasteiger charge is -2.24. The zero-order chi connectivity index (χ0) is 20.0. The minimum absolute atomic E-state index is 0.165. The van der Waals surface area contributed by atoms with E-state index in [1.54, 1.807) is 70.5 Å². The second-order valence-corrected chi connectivity index (χ2v) is 6.34. The van der Waals surface area contributed by atoms with Crippen LogP contribution in [0.2, 0.25) is 5.02 Å². The molecule has 2 aromatic carbocycles. The van der Waals surface area contributed by atoms with E-state index < -0.39 is 6.10 Å². The van der Waals surface area contributed by atoms with Gasteiger partial charge in [0, 0.05) is 24.2 Å². The number of amides is 1. The Balaban J connectivity index is 2.12. The van der Waals surface area contributed by atoms with Crippen LogP contribution in [-0.4, -0.2) is 45.3 Å². The SMILES string of the molecule is COc1ccc(CN(C)C(=O)C(C)Oc2ccc(Cl)cc2)c(OC)c1OC. The standard InChI is InChI=1S/C20H24ClNO5/c1-13(27-16-9-7-15(21)8-10-16)20(23)22(2)12-14-6-11-17(24-3)19(26-5)18(14)25-4/h6-11,13H,12H2,1-5H3. The van der Waals surface area contributed by atoms with E-state index >= 15 is 0 Å². The van der Waals surface area contributed by atoms with Gasteiger partial charge in [0.15, 0.2) is 17.6 Å². The fourth-order valence-electron chi connectivity index (χ4n) is 2.70. The van der Waals surface area contributed by atoms with Gasteiger partial charge in [-0.1, -0.05) is 11.6 Å². The van der Waals surface area contributed by atoms with E-state index in [9.17, 15) is 4.79 Å². The predicted molar refractivity (Wildman–Crippen MR) is 104 cm³/mol. The van der Waals surface area contributed by atoms with Crippen LogP contribution in [0, 0.1) is 0 Å². The summed E-state index contributed by atoms with van der Waals surface area (Å²) in [5.74, 6) is 2.00. The van der Waals surface area contributed by atoms with Gasteiger partial charge in [0.05, 0.1) is 21.3 Å². The molecule has 0 saturated carbocycles. The van der Waals surface area contributed by atoms with Crippen LogP contribution in [-0.2, 0) is 11.3 Å². The molecule has 0 N–H and O–H groups in total. The van der Waals surface area contributed by atoms with Crippen molar-refractivity contribution in [1.29, 1.82) is 0 Å². The maximum absolute atomic E-state index is 12.7. The number of likely N-dealkylation sites (N-methyl/N-ethyl adjacent to an activating group) is 1. The highest BCUT2D eigenvalue weighted by atomic mass is 35.5. The number of ether oxygens (including phenoxy) is 4. The van der Waals surface area contributed by atoms with Crippen molar-refractivity contribution in [2.75, 3.05) is 28.4 Å². The van der Waals surface area contributed by atoms with E-state index in [0.29, 0.717) is 34.6 Å². The van der Waals surface area contributed by atoms with Crippen LogP contribution < -0.4 is 18.9 Å². The van der Waals surface area contributed by atoms with Gasteiger partial charge >= 0.3 is 0 Å². The Hall–Kier alpha value is -2.60. The molecular weight excluding hydrogens is 370 g/mol. The molecule has 7 heteroatoms. The van der Waals surface area contributed by atoms with Gasteiger partial charge in [0.2, 0.25) is 5.75 Å². The van der Waals surface area contributed by atoms with Gasteiger partial charge in [-0.05, 0) is 43.3 Å². The number of nitrogens with zero attached hydrogens (tertiary/aromatic N) is 1. The number of carbonyl (C=O) groups is 1. The van der Waals surface area contributed by atoms with Crippen LogP contribution in [0.4, 0.5) is 0 Å². The van der Waals surface area contributed by atoms with Crippen molar-refractivity contribution in [1.82, 2.24) is 4.90 Å². The molecule has 0 heterocycles. The van der Waals surface area contributed by atoms with E-state index in [1.165, 1.54) is 0 Å². The van der Waals surface area contributed by atoms with Crippen molar-refractivity contribution in [2.45, 2.75) is 19.6 Å². The van der Waals surface area contributed by atoms with E-state index in [-0.39, 0.29) is 5.91 Å².